The molecule has 0 aromatic carbocycles. The molecule has 0 spiro atoms. The highest BCUT2D eigenvalue weighted by Crippen LogP contribution is 2.33. The maximum Gasteiger partial charge on any atom is 0.225 e. The highest BCUT2D eigenvalue weighted by atomic mass is 35.5. The summed E-state index contributed by atoms with van der Waals surface area (Å²) in [5.74, 6) is 1.20. The van der Waals surface area contributed by atoms with Crippen LogP contribution in [0.4, 0.5) is 5.82 Å². The van der Waals surface area contributed by atoms with Crippen LogP contribution in [0, 0.1) is 5.41 Å². The molecule has 2 heterocycles. The Hall–Kier alpha value is -1.36. The Morgan fingerprint density at radius 2 is 2.10 bits per heavy atom. The van der Waals surface area contributed by atoms with E-state index < -0.39 is 5.41 Å². The fourth-order valence-corrected chi connectivity index (χ4v) is 2.44. The van der Waals surface area contributed by atoms with Crippen molar-refractivity contribution in [2.75, 3.05) is 18.0 Å². The van der Waals surface area contributed by atoms with Crippen molar-refractivity contribution in [1.29, 1.82) is 0 Å². The lowest BCUT2D eigenvalue weighted by Crippen LogP contribution is -2.37. The predicted molar refractivity (Wildman–Crippen MR) is 79.9 cm³/mol. The summed E-state index contributed by atoms with van der Waals surface area (Å²) in [5.41, 5.74) is 4.80. The van der Waals surface area contributed by atoms with Crippen LogP contribution in [0.5, 0.6) is 0 Å². The van der Waals surface area contributed by atoms with Crippen LogP contribution in [0.3, 0.4) is 0 Å². The van der Waals surface area contributed by atoms with E-state index in [0.29, 0.717) is 17.5 Å². The number of rotatable bonds is 2. The van der Waals surface area contributed by atoms with Gasteiger partial charge in [-0.05, 0) is 13.3 Å². The normalized spacial score (nSPS) is 23.1. The van der Waals surface area contributed by atoms with Gasteiger partial charge in [0.2, 0.25) is 5.91 Å². The van der Waals surface area contributed by atoms with Gasteiger partial charge in [0.1, 0.15) is 16.8 Å². The van der Waals surface area contributed by atoms with Crippen molar-refractivity contribution in [3.63, 3.8) is 0 Å². The lowest BCUT2D eigenvalue weighted by Gasteiger charge is -2.24. The summed E-state index contributed by atoms with van der Waals surface area (Å²) in [6, 6.07) is 1.74. The van der Waals surface area contributed by atoms with Crippen molar-refractivity contribution in [2.24, 2.45) is 11.1 Å². The van der Waals surface area contributed by atoms with Crippen LogP contribution in [-0.2, 0) is 10.2 Å². The fourth-order valence-electron chi connectivity index (χ4n) is 2.26. The quantitative estimate of drug-likeness (QED) is 0.849. The lowest BCUT2D eigenvalue weighted by molar-refractivity contribution is -0.125. The van der Waals surface area contributed by atoms with E-state index in [4.69, 9.17) is 17.3 Å². The number of amides is 1. The van der Waals surface area contributed by atoms with E-state index in [1.165, 1.54) is 0 Å². The van der Waals surface area contributed by atoms with Gasteiger partial charge in [-0.25, -0.2) is 9.97 Å². The Morgan fingerprint density at radius 3 is 2.60 bits per heavy atom. The minimum Gasteiger partial charge on any atom is -0.369 e. The van der Waals surface area contributed by atoms with E-state index in [1.54, 1.807) is 6.07 Å². The zero-order valence-electron chi connectivity index (χ0n) is 12.4. The molecule has 1 aliphatic rings. The summed E-state index contributed by atoms with van der Waals surface area (Å²) < 4.78 is 0. The first kappa shape index (κ1) is 15.0. The van der Waals surface area contributed by atoms with Crippen molar-refractivity contribution in [2.45, 2.75) is 39.5 Å². The molecule has 1 aromatic heterocycles. The van der Waals surface area contributed by atoms with E-state index in [2.05, 4.69) is 9.97 Å². The van der Waals surface area contributed by atoms with E-state index >= 15 is 0 Å². The third-order valence-corrected chi connectivity index (χ3v) is 3.94. The average Bonchev–Trinajstić information content (AvgIpc) is 2.71. The number of carbonyl (C=O) groups is 1. The first-order valence-corrected chi connectivity index (χ1v) is 7.09. The second kappa shape index (κ2) is 4.88. The maximum absolute atomic E-state index is 11.5. The van der Waals surface area contributed by atoms with Gasteiger partial charge in [-0.1, -0.05) is 32.4 Å². The molecular formula is C14H21ClN4O. The number of primary amides is 1. The van der Waals surface area contributed by atoms with Crippen LogP contribution in [0.25, 0.3) is 0 Å². The number of nitrogens with two attached hydrogens (primary N) is 1. The van der Waals surface area contributed by atoms with Crippen molar-refractivity contribution < 1.29 is 4.79 Å². The van der Waals surface area contributed by atoms with Crippen molar-refractivity contribution >= 4 is 23.3 Å². The number of carbonyl (C=O) groups excluding carboxylic acids is 1. The summed E-state index contributed by atoms with van der Waals surface area (Å²) in [5, 5.41) is 0.424. The first-order chi connectivity index (χ1) is 9.12. The van der Waals surface area contributed by atoms with Crippen LogP contribution in [0.15, 0.2) is 6.07 Å². The highest BCUT2D eigenvalue weighted by molar-refractivity contribution is 6.29. The van der Waals surface area contributed by atoms with Gasteiger partial charge in [0.15, 0.2) is 0 Å². The molecule has 0 radical (unpaired) electrons. The molecule has 110 valence electrons. The first-order valence-electron chi connectivity index (χ1n) is 6.72. The van der Waals surface area contributed by atoms with Gasteiger partial charge in [0, 0.05) is 24.6 Å². The summed E-state index contributed by atoms with van der Waals surface area (Å²) in [7, 11) is 0. The molecule has 1 aromatic rings. The van der Waals surface area contributed by atoms with Gasteiger partial charge in [0.25, 0.3) is 0 Å². The molecule has 1 unspecified atom stereocenters. The number of hydrogen-bond acceptors (Lipinski definition) is 4. The fraction of sp³-hybridized carbons (Fsp3) is 0.643. The Morgan fingerprint density at radius 1 is 1.45 bits per heavy atom. The smallest absolute Gasteiger partial charge is 0.225 e. The standard InChI is InChI=1S/C14H21ClN4O/c1-13(2,3)12-17-9(15)7-10(18-12)19-6-5-14(4,8-19)11(16)20/h7H,5-6,8H2,1-4H3,(H2,16,20). The Bertz CT molecular complexity index is 540. The Balaban J connectivity index is 2.31. The molecule has 1 amide bonds. The monoisotopic (exact) mass is 296 g/mol. The summed E-state index contributed by atoms with van der Waals surface area (Å²) in [4.78, 5) is 22.5. The van der Waals surface area contributed by atoms with E-state index in [-0.39, 0.29) is 11.3 Å². The number of nitrogens with zero attached hydrogens (tertiary/aromatic N) is 3. The maximum atomic E-state index is 11.5. The topological polar surface area (TPSA) is 72.1 Å². The van der Waals surface area contributed by atoms with Gasteiger partial charge in [0.05, 0.1) is 5.41 Å². The van der Waals surface area contributed by atoms with Crippen molar-refractivity contribution in [3.05, 3.63) is 17.0 Å². The van der Waals surface area contributed by atoms with Crippen LogP contribution in [0.2, 0.25) is 5.15 Å². The third kappa shape index (κ3) is 2.87. The number of hydrogen-bond donors (Lipinski definition) is 1. The molecule has 2 N–H and O–H groups in total. The lowest BCUT2D eigenvalue weighted by atomic mass is 9.89. The zero-order chi connectivity index (χ0) is 15.1. The molecule has 1 atom stereocenters. The third-order valence-electron chi connectivity index (χ3n) is 3.74. The van der Waals surface area contributed by atoms with Gasteiger partial charge in [-0.3, -0.25) is 4.79 Å². The van der Waals surface area contributed by atoms with E-state index in [9.17, 15) is 4.79 Å². The molecule has 1 aliphatic heterocycles. The van der Waals surface area contributed by atoms with E-state index in [1.807, 2.05) is 32.6 Å². The van der Waals surface area contributed by atoms with Crippen molar-refractivity contribution in [1.82, 2.24) is 9.97 Å². The zero-order valence-corrected chi connectivity index (χ0v) is 13.2. The number of aromatic nitrogens is 2. The number of anilines is 1. The molecule has 1 saturated heterocycles. The second-order valence-corrected chi connectivity index (χ2v) is 7.11. The molecule has 6 heteroatoms. The van der Waals surface area contributed by atoms with E-state index in [0.717, 1.165) is 18.8 Å². The second-order valence-electron chi connectivity index (χ2n) is 6.72. The Labute approximate surface area is 124 Å². The molecule has 5 nitrogen and oxygen atoms in total. The molecule has 0 saturated carbocycles. The summed E-state index contributed by atoms with van der Waals surface area (Å²) in [6.07, 6.45) is 0.731. The van der Waals surface area contributed by atoms with Crippen molar-refractivity contribution in [3.8, 4) is 0 Å². The van der Waals surface area contributed by atoms with Gasteiger partial charge in [-0.2, -0.15) is 0 Å². The van der Waals surface area contributed by atoms with Gasteiger partial charge in [-0.15, -0.1) is 0 Å². The molecule has 2 rings (SSSR count). The molecule has 1 fully saturated rings. The highest BCUT2D eigenvalue weighted by Gasteiger charge is 2.39. The molecular weight excluding hydrogens is 276 g/mol. The average molecular weight is 297 g/mol. The van der Waals surface area contributed by atoms with Crippen LogP contribution >= 0.6 is 11.6 Å². The SMILES string of the molecule is CC1(C(N)=O)CCN(c2cc(Cl)nc(C(C)(C)C)n2)C1. The van der Waals surface area contributed by atoms with Gasteiger partial charge >= 0.3 is 0 Å². The largest absolute Gasteiger partial charge is 0.369 e. The number of halogens is 1. The minimum absolute atomic E-state index is 0.174. The summed E-state index contributed by atoms with van der Waals surface area (Å²) >= 11 is 6.10. The molecule has 0 bridgehead atoms. The van der Waals surface area contributed by atoms with Crippen LogP contribution < -0.4 is 10.6 Å². The molecule has 0 aliphatic carbocycles. The molecule has 20 heavy (non-hydrogen) atoms. The van der Waals surface area contributed by atoms with Crippen LogP contribution in [0.1, 0.15) is 39.9 Å². The predicted octanol–water partition coefficient (Wildman–Crippen LogP) is 2.13. The van der Waals surface area contributed by atoms with Gasteiger partial charge < -0.3 is 10.6 Å². The van der Waals surface area contributed by atoms with Crippen LogP contribution in [-0.4, -0.2) is 29.0 Å². The minimum atomic E-state index is -0.501. The Kier molecular flexibility index (Phi) is 3.67. The summed E-state index contributed by atoms with van der Waals surface area (Å²) in [6.45, 7) is 9.33.